The van der Waals surface area contributed by atoms with E-state index >= 15 is 0 Å². The molecule has 0 saturated carbocycles. The molecule has 0 aliphatic rings. The van der Waals surface area contributed by atoms with Gasteiger partial charge in [-0.1, -0.05) is 83.9 Å². The monoisotopic (exact) mass is 467 g/mol. The van der Waals surface area contributed by atoms with Crippen LogP contribution in [-0.2, 0) is 9.59 Å². The van der Waals surface area contributed by atoms with E-state index < -0.39 is 0 Å². The number of carbonyl (C=O) groups excluding carboxylic acids is 2. The zero-order valence-electron chi connectivity index (χ0n) is 17.5. The average molecular weight is 468 g/mol. The van der Waals surface area contributed by atoms with Crippen molar-refractivity contribution >= 4 is 46.4 Å². The molecule has 0 bridgehead atoms. The number of anilines is 1. The minimum absolute atomic E-state index is 0.000154. The molecule has 3 rings (SSSR count). The van der Waals surface area contributed by atoms with E-state index in [-0.39, 0.29) is 30.6 Å². The van der Waals surface area contributed by atoms with Crippen LogP contribution in [0.15, 0.2) is 84.0 Å². The SMILES string of the molecule is C/C(=N\NC(=O)CCC(=O)Nc1ccc(Cl)cc1Cl)C(c1ccccc1)c1ccccc1. The van der Waals surface area contributed by atoms with Gasteiger partial charge in [0.2, 0.25) is 11.8 Å². The molecule has 0 fully saturated rings. The Kier molecular flexibility index (Phi) is 8.42. The molecule has 32 heavy (non-hydrogen) atoms. The van der Waals surface area contributed by atoms with Crippen molar-refractivity contribution in [2.45, 2.75) is 25.7 Å². The third kappa shape index (κ3) is 6.67. The number of benzene rings is 3. The van der Waals surface area contributed by atoms with Crippen LogP contribution in [0.3, 0.4) is 0 Å². The summed E-state index contributed by atoms with van der Waals surface area (Å²) in [4.78, 5) is 24.4. The maximum Gasteiger partial charge on any atom is 0.240 e. The molecule has 2 amide bonds. The smallest absolute Gasteiger partial charge is 0.240 e. The zero-order chi connectivity index (χ0) is 22.9. The summed E-state index contributed by atoms with van der Waals surface area (Å²) in [6.45, 7) is 1.88. The molecule has 0 aromatic heterocycles. The van der Waals surface area contributed by atoms with E-state index in [1.54, 1.807) is 18.2 Å². The number of nitrogens with one attached hydrogen (secondary N) is 2. The van der Waals surface area contributed by atoms with Gasteiger partial charge in [-0.2, -0.15) is 5.10 Å². The molecule has 7 heteroatoms. The summed E-state index contributed by atoms with van der Waals surface area (Å²) in [5.41, 5.74) is 5.91. The fraction of sp³-hybridized carbons (Fsp3) is 0.160. The van der Waals surface area contributed by atoms with Crippen LogP contribution >= 0.6 is 23.2 Å². The van der Waals surface area contributed by atoms with Gasteiger partial charge in [-0.15, -0.1) is 0 Å². The molecule has 0 aliphatic heterocycles. The molecule has 0 atom stereocenters. The third-order valence-electron chi connectivity index (χ3n) is 4.82. The lowest BCUT2D eigenvalue weighted by molar-refractivity contribution is -0.124. The standard InChI is InChI=1S/C25H23Cl2N3O2/c1-17(25(18-8-4-2-5-9-18)19-10-6-3-7-11-19)29-30-24(32)15-14-23(31)28-22-13-12-20(26)16-21(22)27/h2-13,16,25H,14-15H2,1H3,(H,28,31)(H,30,32)/b29-17+. The van der Waals surface area contributed by atoms with Crippen molar-refractivity contribution in [3.8, 4) is 0 Å². The third-order valence-corrected chi connectivity index (χ3v) is 5.37. The number of nitrogens with zero attached hydrogens (tertiary/aromatic N) is 1. The summed E-state index contributed by atoms with van der Waals surface area (Å²) in [6.07, 6.45) is -0.00464. The van der Waals surface area contributed by atoms with Crippen molar-refractivity contribution in [1.82, 2.24) is 5.43 Å². The van der Waals surface area contributed by atoms with E-state index in [1.165, 1.54) is 0 Å². The molecule has 0 heterocycles. The number of hydrogen-bond donors (Lipinski definition) is 2. The molecular formula is C25H23Cl2N3O2. The summed E-state index contributed by atoms with van der Waals surface area (Å²) in [5, 5.41) is 7.80. The van der Waals surface area contributed by atoms with Crippen LogP contribution in [0.4, 0.5) is 5.69 Å². The Morgan fingerprint density at radius 2 is 1.41 bits per heavy atom. The van der Waals surface area contributed by atoms with Crippen molar-refractivity contribution in [1.29, 1.82) is 0 Å². The molecule has 2 N–H and O–H groups in total. The first-order valence-electron chi connectivity index (χ1n) is 10.1. The van der Waals surface area contributed by atoms with E-state index in [2.05, 4.69) is 15.8 Å². The van der Waals surface area contributed by atoms with Crippen molar-refractivity contribution in [2.75, 3.05) is 5.32 Å². The van der Waals surface area contributed by atoms with E-state index in [9.17, 15) is 9.59 Å². The topological polar surface area (TPSA) is 70.6 Å². The molecule has 0 aliphatic carbocycles. The summed E-state index contributed by atoms with van der Waals surface area (Å²) >= 11 is 11.9. The second-order valence-corrected chi connectivity index (χ2v) is 8.06. The van der Waals surface area contributed by atoms with Crippen LogP contribution in [0.25, 0.3) is 0 Å². The van der Waals surface area contributed by atoms with Gasteiger partial charge < -0.3 is 5.32 Å². The highest BCUT2D eigenvalue weighted by Gasteiger charge is 2.18. The molecule has 0 spiro atoms. The Balaban J connectivity index is 1.60. The predicted octanol–water partition coefficient (Wildman–Crippen LogP) is 6.04. The Labute approximate surface area is 197 Å². The van der Waals surface area contributed by atoms with E-state index in [0.29, 0.717) is 15.7 Å². The number of carbonyl (C=O) groups is 2. The fourth-order valence-corrected chi connectivity index (χ4v) is 3.72. The van der Waals surface area contributed by atoms with Gasteiger partial charge in [0.1, 0.15) is 0 Å². The first kappa shape index (κ1) is 23.5. The molecule has 0 radical (unpaired) electrons. The van der Waals surface area contributed by atoms with Gasteiger partial charge in [0.25, 0.3) is 0 Å². The normalized spacial score (nSPS) is 11.3. The second kappa shape index (κ2) is 11.5. The van der Waals surface area contributed by atoms with Gasteiger partial charge in [-0.3, -0.25) is 9.59 Å². The molecule has 5 nitrogen and oxygen atoms in total. The Morgan fingerprint density at radius 1 is 0.844 bits per heavy atom. The quantitative estimate of drug-likeness (QED) is 0.313. The molecule has 3 aromatic carbocycles. The van der Waals surface area contributed by atoms with Crippen molar-refractivity contribution in [3.05, 3.63) is 100 Å². The van der Waals surface area contributed by atoms with Crippen LogP contribution in [0.1, 0.15) is 36.8 Å². The summed E-state index contributed by atoms with van der Waals surface area (Å²) in [6, 6.07) is 24.7. The highest BCUT2D eigenvalue weighted by molar-refractivity contribution is 6.36. The van der Waals surface area contributed by atoms with E-state index in [1.807, 2.05) is 67.6 Å². The summed E-state index contributed by atoms with van der Waals surface area (Å²) in [5.74, 6) is -0.758. The van der Waals surface area contributed by atoms with Crippen LogP contribution in [0.2, 0.25) is 10.0 Å². The number of hydrogen-bond acceptors (Lipinski definition) is 3. The second-order valence-electron chi connectivity index (χ2n) is 7.21. The number of amides is 2. The first-order chi connectivity index (χ1) is 15.4. The van der Waals surface area contributed by atoms with Crippen LogP contribution in [-0.4, -0.2) is 17.5 Å². The average Bonchev–Trinajstić information content (AvgIpc) is 2.80. The summed E-state index contributed by atoms with van der Waals surface area (Å²) < 4.78 is 0. The highest BCUT2D eigenvalue weighted by atomic mass is 35.5. The highest BCUT2D eigenvalue weighted by Crippen LogP contribution is 2.26. The maximum absolute atomic E-state index is 12.3. The van der Waals surface area contributed by atoms with Gasteiger partial charge in [-0.25, -0.2) is 5.43 Å². The van der Waals surface area contributed by atoms with E-state index in [4.69, 9.17) is 23.2 Å². The fourth-order valence-electron chi connectivity index (χ4n) is 3.27. The number of hydrazone groups is 1. The van der Waals surface area contributed by atoms with Gasteiger partial charge in [0.15, 0.2) is 0 Å². The molecule has 0 saturated heterocycles. The Bertz CT molecular complexity index is 1060. The van der Waals surface area contributed by atoms with Gasteiger partial charge in [-0.05, 0) is 36.2 Å². The summed E-state index contributed by atoms with van der Waals surface area (Å²) in [7, 11) is 0. The Morgan fingerprint density at radius 3 is 1.97 bits per heavy atom. The lowest BCUT2D eigenvalue weighted by Gasteiger charge is -2.18. The maximum atomic E-state index is 12.3. The molecule has 164 valence electrons. The van der Waals surface area contributed by atoms with Crippen LogP contribution < -0.4 is 10.7 Å². The molecule has 3 aromatic rings. The minimum atomic E-state index is -0.346. The van der Waals surface area contributed by atoms with Crippen molar-refractivity contribution in [2.24, 2.45) is 5.10 Å². The van der Waals surface area contributed by atoms with Gasteiger partial charge in [0.05, 0.1) is 10.7 Å². The largest absolute Gasteiger partial charge is 0.325 e. The van der Waals surface area contributed by atoms with Gasteiger partial charge >= 0.3 is 0 Å². The first-order valence-corrected chi connectivity index (χ1v) is 10.9. The Hall–Kier alpha value is -3.15. The van der Waals surface area contributed by atoms with Gasteiger partial charge in [0, 0.05) is 29.5 Å². The van der Waals surface area contributed by atoms with Crippen LogP contribution in [0.5, 0.6) is 0 Å². The van der Waals surface area contributed by atoms with Crippen LogP contribution in [0, 0.1) is 0 Å². The lowest BCUT2D eigenvalue weighted by atomic mass is 9.88. The molecular weight excluding hydrogens is 445 g/mol. The number of rotatable bonds is 8. The predicted molar refractivity (Wildman–Crippen MR) is 130 cm³/mol. The van der Waals surface area contributed by atoms with Crippen molar-refractivity contribution in [3.63, 3.8) is 0 Å². The number of halogens is 2. The van der Waals surface area contributed by atoms with E-state index in [0.717, 1.165) is 16.8 Å². The minimum Gasteiger partial charge on any atom is -0.325 e. The molecule has 0 unspecified atom stereocenters. The zero-order valence-corrected chi connectivity index (χ0v) is 19.0. The lowest BCUT2D eigenvalue weighted by Crippen LogP contribution is -2.23. The van der Waals surface area contributed by atoms with Crippen molar-refractivity contribution < 1.29 is 9.59 Å².